The van der Waals surface area contributed by atoms with Crippen LogP contribution in [0.25, 0.3) is 0 Å². The van der Waals surface area contributed by atoms with Crippen LogP contribution in [0.1, 0.15) is 51.4 Å². The first-order chi connectivity index (χ1) is 10.6. The summed E-state index contributed by atoms with van der Waals surface area (Å²) < 4.78 is 0. The topological polar surface area (TPSA) is 66.7 Å². The first-order valence-corrected chi connectivity index (χ1v) is 10.3. The predicted octanol–water partition coefficient (Wildman–Crippen LogP) is 3.90. The maximum absolute atomic E-state index is 12.5. The van der Waals surface area contributed by atoms with Gasteiger partial charge < -0.3 is 5.11 Å². The van der Waals surface area contributed by atoms with Gasteiger partial charge in [-0.2, -0.15) is 0 Å². The molecule has 0 radical (unpaired) electrons. The Morgan fingerprint density at radius 3 is 2.77 bits per heavy atom. The molecule has 2 atom stereocenters. The molecular weight excluding hydrogens is 318 g/mol. The van der Waals surface area contributed by atoms with E-state index in [0.717, 1.165) is 18.1 Å². The van der Waals surface area contributed by atoms with E-state index in [-0.39, 0.29) is 12.2 Å². The number of carboxylic acids is 1. The molecule has 1 fully saturated rings. The Balaban J connectivity index is 1.73. The minimum atomic E-state index is -0.819. The van der Waals surface area contributed by atoms with Crippen LogP contribution in [0.4, 0.5) is 0 Å². The molecule has 2 aliphatic heterocycles. The van der Waals surface area contributed by atoms with E-state index in [2.05, 4.69) is 4.99 Å². The fraction of sp³-hybridized carbons (Fsp3) is 0.688. The number of nitrogens with zero attached hydrogens (tertiary/aromatic N) is 1. The Labute approximate surface area is 139 Å². The largest absolute Gasteiger partial charge is 0.481 e. The van der Waals surface area contributed by atoms with Crippen LogP contribution in [0.5, 0.6) is 0 Å². The summed E-state index contributed by atoms with van der Waals surface area (Å²) in [6.45, 7) is 0. The molecule has 6 heteroatoms. The number of aliphatic carboxylic acids is 1. The third-order valence-electron chi connectivity index (χ3n) is 4.10. The van der Waals surface area contributed by atoms with E-state index in [1.54, 1.807) is 12.3 Å². The quantitative estimate of drug-likeness (QED) is 0.482. The zero-order valence-electron chi connectivity index (χ0n) is 12.7. The molecule has 0 aromatic rings. The van der Waals surface area contributed by atoms with Crippen molar-refractivity contribution >= 4 is 39.6 Å². The number of ketones is 1. The fourth-order valence-corrected chi connectivity index (χ4v) is 5.85. The van der Waals surface area contributed by atoms with Crippen molar-refractivity contribution in [2.24, 2.45) is 4.99 Å². The molecule has 22 heavy (non-hydrogen) atoms. The van der Waals surface area contributed by atoms with E-state index in [9.17, 15) is 9.59 Å². The van der Waals surface area contributed by atoms with Gasteiger partial charge in [-0.25, -0.2) is 0 Å². The van der Waals surface area contributed by atoms with Crippen LogP contribution < -0.4 is 0 Å². The molecule has 0 saturated carbocycles. The Morgan fingerprint density at radius 2 is 2.14 bits per heavy atom. The molecule has 0 aromatic carbocycles. The van der Waals surface area contributed by atoms with Gasteiger partial charge >= 0.3 is 5.97 Å². The highest BCUT2D eigenvalue weighted by Gasteiger charge is 2.35. The van der Waals surface area contributed by atoms with E-state index in [1.165, 1.54) is 18.6 Å². The maximum Gasteiger partial charge on any atom is 0.303 e. The second kappa shape index (κ2) is 8.77. The SMILES string of the molecule is O=C(O)CCCC1(C(=O)CCCCC2CCSS2)C=CC=N1. The lowest BCUT2D eigenvalue weighted by atomic mass is 9.86. The summed E-state index contributed by atoms with van der Waals surface area (Å²) in [6, 6.07) is 0. The number of carboxylic acid groups (broad SMARTS) is 1. The Bertz CT molecular complexity index is 444. The summed E-state index contributed by atoms with van der Waals surface area (Å²) in [5, 5.41) is 9.50. The van der Waals surface area contributed by atoms with E-state index in [4.69, 9.17) is 5.11 Å². The van der Waals surface area contributed by atoms with Gasteiger partial charge in [0.05, 0.1) is 0 Å². The zero-order chi connectivity index (χ0) is 15.8. The van der Waals surface area contributed by atoms with Crippen molar-refractivity contribution in [3.8, 4) is 0 Å². The van der Waals surface area contributed by atoms with Gasteiger partial charge in [0, 0.05) is 30.1 Å². The third kappa shape index (κ3) is 5.16. The normalized spacial score (nSPS) is 26.6. The monoisotopic (exact) mass is 341 g/mol. The van der Waals surface area contributed by atoms with Gasteiger partial charge in [-0.05, 0) is 44.3 Å². The number of aliphatic imine (C=N–C) groups is 1. The number of hydrogen-bond acceptors (Lipinski definition) is 5. The van der Waals surface area contributed by atoms with Gasteiger partial charge in [-0.1, -0.05) is 28.0 Å². The van der Waals surface area contributed by atoms with Crippen LogP contribution in [0.3, 0.4) is 0 Å². The molecule has 2 rings (SSSR count). The molecule has 0 bridgehead atoms. The minimum Gasteiger partial charge on any atom is -0.481 e. The van der Waals surface area contributed by atoms with E-state index < -0.39 is 11.5 Å². The summed E-state index contributed by atoms with van der Waals surface area (Å²) in [6.07, 6.45) is 11.4. The van der Waals surface area contributed by atoms with Crippen molar-refractivity contribution < 1.29 is 14.7 Å². The lowest BCUT2D eigenvalue weighted by molar-refractivity contribution is -0.137. The summed E-state index contributed by atoms with van der Waals surface area (Å²) in [5.74, 6) is 0.567. The molecule has 2 heterocycles. The van der Waals surface area contributed by atoms with E-state index in [0.29, 0.717) is 19.3 Å². The fourth-order valence-electron chi connectivity index (χ4n) is 2.82. The standard InChI is InChI=1S/C16H23NO3S2/c18-14(6-2-1-5-13-8-12-21-22-13)16(10-4-11-17-16)9-3-7-15(19)20/h4,10-11,13H,1-3,5-9,12H2,(H,19,20). The average Bonchev–Trinajstić information content (AvgIpc) is 3.15. The van der Waals surface area contributed by atoms with Crippen LogP contribution in [-0.4, -0.2) is 39.6 Å². The smallest absolute Gasteiger partial charge is 0.303 e. The molecule has 0 aliphatic carbocycles. The predicted molar refractivity (Wildman–Crippen MR) is 93.8 cm³/mol. The summed E-state index contributed by atoms with van der Waals surface area (Å²) in [5.41, 5.74) is -0.784. The lowest BCUT2D eigenvalue weighted by Gasteiger charge is -2.22. The van der Waals surface area contributed by atoms with Gasteiger partial charge in [0.15, 0.2) is 5.78 Å². The lowest BCUT2D eigenvalue weighted by Crippen LogP contribution is -2.33. The molecule has 122 valence electrons. The van der Waals surface area contributed by atoms with Gasteiger partial charge in [0.2, 0.25) is 0 Å². The third-order valence-corrected chi connectivity index (χ3v) is 7.11. The second-order valence-electron chi connectivity index (χ2n) is 5.81. The molecule has 2 unspecified atom stereocenters. The molecule has 0 aromatic heterocycles. The Hall–Kier alpha value is -0.750. The Morgan fingerprint density at radius 1 is 1.27 bits per heavy atom. The molecule has 4 nitrogen and oxygen atoms in total. The van der Waals surface area contributed by atoms with Crippen LogP contribution in [0.2, 0.25) is 0 Å². The summed E-state index contributed by atoms with van der Waals surface area (Å²) in [7, 11) is 3.93. The van der Waals surface area contributed by atoms with Crippen LogP contribution in [0.15, 0.2) is 17.1 Å². The highest BCUT2D eigenvalue weighted by Crippen LogP contribution is 2.40. The Kier molecular flexibility index (Phi) is 7.02. The first kappa shape index (κ1) is 17.6. The molecule has 1 N–H and O–H groups in total. The number of hydrogen-bond donors (Lipinski definition) is 1. The maximum atomic E-state index is 12.5. The van der Waals surface area contributed by atoms with Crippen molar-refractivity contribution in [2.45, 2.75) is 62.2 Å². The van der Waals surface area contributed by atoms with Crippen LogP contribution in [-0.2, 0) is 9.59 Å². The van der Waals surface area contributed by atoms with E-state index >= 15 is 0 Å². The number of carbonyl (C=O) groups is 2. The zero-order valence-corrected chi connectivity index (χ0v) is 14.3. The van der Waals surface area contributed by atoms with Gasteiger partial charge in [0.25, 0.3) is 0 Å². The van der Waals surface area contributed by atoms with Gasteiger partial charge in [-0.15, -0.1) is 0 Å². The number of unbranched alkanes of at least 4 members (excludes halogenated alkanes) is 1. The van der Waals surface area contributed by atoms with Crippen molar-refractivity contribution in [1.29, 1.82) is 0 Å². The molecular formula is C16H23NO3S2. The van der Waals surface area contributed by atoms with Crippen LogP contribution >= 0.6 is 21.6 Å². The number of Topliss-reactive ketones (excluding diaryl/α,β-unsaturated/α-hetero) is 1. The molecule has 1 saturated heterocycles. The van der Waals surface area contributed by atoms with Crippen molar-refractivity contribution in [2.75, 3.05) is 5.75 Å². The van der Waals surface area contributed by atoms with Crippen molar-refractivity contribution in [3.63, 3.8) is 0 Å². The number of allylic oxidation sites excluding steroid dienone is 1. The molecule has 0 amide bonds. The highest BCUT2D eigenvalue weighted by atomic mass is 33.1. The minimum absolute atomic E-state index is 0.0922. The number of rotatable bonds is 10. The van der Waals surface area contributed by atoms with E-state index in [1.807, 2.05) is 27.7 Å². The highest BCUT2D eigenvalue weighted by molar-refractivity contribution is 8.77. The first-order valence-electron chi connectivity index (χ1n) is 7.89. The van der Waals surface area contributed by atoms with Crippen molar-refractivity contribution in [1.82, 2.24) is 0 Å². The second-order valence-corrected chi connectivity index (χ2v) is 8.59. The van der Waals surface area contributed by atoms with Gasteiger partial charge in [0.1, 0.15) is 5.54 Å². The summed E-state index contributed by atoms with van der Waals surface area (Å²) in [4.78, 5) is 27.5. The van der Waals surface area contributed by atoms with Crippen LogP contribution in [0, 0.1) is 0 Å². The number of carbonyl (C=O) groups excluding carboxylic acids is 1. The van der Waals surface area contributed by atoms with Crippen molar-refractivity contribution in [3.05, 3.63) is 12.2 Å². The molecule has 2 aliphatic rings. The summed E-state index contributed by atoms with van der Waals surface area (Å²) >= 11 is 0. The average molecular weight is 341 g/mol. The molecule has 0 spiro atoms. The van der Waals surface area contributed by atoms with Gasteiger partial charge in [-0.3, -0.25) is 14.6 Å².